The van der Waals surface area contributed by atoms with E-state index in [9.17, 15) is 57.5 Å². The Kier molecular flexibility index (Phi) is 6.94. The monoisotopic (exact) mass is 436 g/mol. The van der Waals surface area contributed by atoms with E-state index in [1.165, 1.54) is 0 Å². The zero-order chi connectivity index (χ0) is 20.9. The number of carbonyl (C=O) groups excluding carboxylic acids is 1. The molecule has 1 atom stereocenters. The van der Waals surface area contributed by atoms with Crippen LogP contribution in [-0.2, 0) is 24.2 Å². The number of hydrogen-bond acceptors (Lipinski definition) is 5. The summed E-state index contributed by atoms with van der Waals surface area (Å²) in [6, 6.07) is 0. The minimum absolute atomic E-state index is 0. The number of ketones is 1. The van der Waals surface area contributed by atoms with Crippen molar-refractivity contribution >= 4 is 22.2 Å². The van der Waals surface area contributed by atoms with Crippen molar-refractivity contribution in [3.8, 4) is 0 Å². The van der Waals surface area contributed by atoms with Gasteiger partial charge in [0.25, 0.3) is 5.78 Å². The van der Waals surface area contributed by atoms with E-state index in [2.05, 4.69) is 4.18 Å². The highest BCUT2D eigenvalue weighted by molar-refractivity contribution is 7.81. The van der Waals surface area contributed by atoms with Gasteiger partial charge in [-0.05, 0) is 6.92 Å². The summed E-state index contributed by atoms with van der Waals surface area (Å²) in [5, 5.41) is 8.45. The maximum Gasteiger partial charge on any atom is 0.460 e. The molecule has 0 radical (unpaired) electrons. The highest BCUT2D eigenvalue weighted by Gasteiger charge is 2.85. The molecule has 0 aromatic rings. The molecule has 0 saturated heterocycles. The molecule has 156 valence electrons. The third kappa shape index (κ3) is 4.17. The molecule has 0 fully saturated rings. The molecule has 7 nitrogen and oxygen atoms in total. The Morgan fingerprint density at radius 2 is 1.23 bits per heavy atom. The molecule has 0 aromatic heterocycles. The maximum absolute atomic E-state index is 13.4. The average Bonchev–Trinajstić information content (AvgIpc) is 2.33. The number of rotatable bonds is 7. The molecule has 2 N–H and O–H groups in total. The molecular formula is C8H6F10O7S. The number of carboxylic acids is 1. The van der Waals surface area contributed by atoms with Crippen molar-refractivity contribution in [1.82, 2.24) is 0 Å². The van der Waals surface area contributed by atoms with Gasteiger partial charge in [0, 0.05) is 0 Å². The second kappa shape index (κ2) is 6.80. The lowest BCUT2D eigenvalue weighted by atomic mass is 9.90. The van der Waals surface area contributed by atoms with Crippen LogP contribution in [0.25, 0.3) is 0 Å². The second-order valence-electron chi connectivity index (χ2n) is 4.40. The van der Waals surface area contributed by atoms with Crippen molar-refractivity contribution in [1.29, 1.82) is 0 Å². The first kappa shape index (κ1) is 26.5. The van der Waals surface area contributed by atoms with Crippen LogP contribution in [0.2, 0.25) is 0 Å². The standard InChI is InChI=1S/C8H5F9O7S.FH/c1-4(3(19)20,24-25(21,22)23)2(18)5(9,10)6(11,12)7(13,14)8(15,16)17;/h1H3,(H,19,20)(H,21,22,23);1H. The van der Waals surface area contributed by atoms with Crippen molar-refractivity contribution in [3.63, 3.8) is 0 Å². The van der Waals surface area contributed by atoms with Crippen molar-refractivity contribution in [2.45, 2.75) is 36.5 Å². The molecule has 18 heteroatoms. The summed E-state index contributed by atoms with van der Waals surface area (Å²) in [6.45, 7) is -0.499. The van der Waals surface area contributed by atoms with Gasteiger partial charge in [-0.3, -0.25) is 14.1 Å². The van der Waals surface area contributed by atoms with Crippen LogP contribution in [0, 0.1) is 0 Å². The Morgan fingerprint density at radius 3 is 1.46 bits per heavy atom. The third-order valence-electron chi connectivity index (χ3n) is 2.54. The number of Topliss-reactive ketones (excluding diaryl/α,β-unsaturated/α-hetero) is 1. The van der Waals surface area contributed by atoms with Crippen molar-refractivity contribution in [3.05, 3.63) is 0 Å². The van der Waals surface area contributed by atoms with Gasteiger partial charge in [-0.25, -0.2) is 8.98 Å². The molecule has 0 amide bonds. The minimum Gasteiger partial charge on any atom is -0.479 e. The molecule has 0 aliphatic carbocycles. The first-order valence-corrected chi connectivity index (χ1v) is 6.58. The summed E-state index contributed by atoms with van der Waals surface area (Å²) in [5.41, 5.74) is -4.66. The van der Waals surface area contributed by atoms with E-state index in [0.717, 1.165) is 0 Å². The minimum atomic E-state index is -7.55. The van der Waals surface area contributed by atoms with Crippen LogP contribution in [0.1, 0.15) is 6.92 Å². The third-order valence-corrected chi connectivity index (χ3v) is 3.09. The second-order valence-corrected chi connectivity index (χ2v) is 5.42. The van der Waals surface area contributed by atoms with Crippen LogP contribution in [0.5, 0.6) is 0 Å². The van der Waals surface area contributed by atoms with E-state index in [4.69, 9.17) is 9.66 Å². The average molecular weight is 436 g/mol. The van der Waals surface area contributed by atoms with E-state index in [0.29, 0.717) is 0 Å². The van der Waals surface area contributed by atoms with Gasteiger partial charge in [-0.15, -0.1) is 0 Å². The normalized spacial score (nSPS) is 16.4. The molecule has 0 rings (SSSR count). The predicted octanol–water partition coefficient (Wildman–Crippen LogP) is 1.84. The Labute approximate surface area is 136 Å². The Morgan fingerprint density at radius 1 is 0.885 bits per heavy atom. The number of aliphatic carboxylic acids is 1. The SMILES string of the molecule is CC(OS(=O)(=O)O)(C(=O)O)C(=O)C(F)(F)C(F)(F)C(F)(F)C(F)(F)F.F. The molecule has 0 aliphatic heterocycles. The first-order chi connectivity index (χ1) is 10.6. The van der Waals surface area contributed by atoms with E-state index in [-0.39, 0.29) is 4.70 Å². The Bertz CT molecular complexity index is 669. The van der Waals surface area contributed by atoms with Gasteiger partial charge in [-0.1, -0.05) is 0 Å². The predicted molar refractivity (Wildman–Crippen MR) is 57.1 cm³/mol. The molecular weight excluding hydrogens is 430 g/mol. The summed E-state index contributed by atoms with van der Waals surface area (Å²) in [7, 11) is -6.13. The van der Waals surface area contributed by atoms with E-state index in [1.54, 1.807) is 0 Å². The molecule has 0 aromatic carbocycles. The number of hydrogen-bond donors (Lipinski definition) is 2. The summed E-state index contributed by atoms with van der Waals surface area (Å²) < 4.78 is 146. The lowest BCUT2D eigenvalue weighted by Gasteiger charge is -2.35. The van der Waals surface area contributed by atoms with E-state index >= 15 is 0 Å². The van der Waals surface area contributed by atoms with Gasteiger partial charge in [0.2, 0.25) is 5.60 Å². The lowest BCUT2D eigenvalue weighted by Crippen LogP contribution is -2.68. The van der Waals surface area contributed by atoms with Crippen LogP contribution in [0.15, 0.2) is 0 Å². The molecule has 0 spiro atoms. The highest BCUT2D eigenvalue weighted by Crippen LogP contribution is 2.54. The Hall–Kier alpha value is -1.69. The van der Waals surface area contributed by atoms with Crippen LogP contribution in [-0.4, -0.2) is 59.4 Å². The van der Waals surface area contributed by atoms with Gasteiger partial charge in [0.05, 0.1) is 0 Å². The zero-order valence-electron chi connectivity index (χ0n) is 11.7. The fourth-order valence-electron chi connectivity index (χ4n) is 1.20. The van der Waals surface area contributed by atoms with Gasteiger partial charge < -0.3 is 5.11 Å². The summed E-state index contributed by atoms with van der Waals surface area (Å²) in [4.78, 5) is 21.9. The molecule has 1 unspecified atom stereocenters. The fourth-order valence-corrected chi connectivity index (χ4v) is 1.77. The summed E-state index contributed by atoms with van der Waals surface area (Å²) >= 11 is 0. The van der Waals surface area contributed by atoms with E-state index in [1.807, 2.05) is 0 Å². The Balaban J connectivity index is 0. The van der Waals surface area contributed by atoms with Gasteiger partial charge >= 0.3 is 40.3 Å². The highest BCUT2D eigenvalue weighted by atomic mass is 32.3. The van der Waals surface area contributed by atoms with E-state index < -0.39 is 58.6 Å². The molecule has 0 saturated carbocycles. The van der Waals surface area contributed by atoms with Crippen molar-refractivity contribution < 1.29 is 76.1 Å². The molecule has 0 heterocycles. The maximum atomic E-state index is 13.4. The fraction of sp³-hybridized carbons (Fsp3) is 0.750. The topological polar surface area (TPSA) is 118 Å². The number of alkyl halides is 9. The summed E-state index contributed by atoms with van der Waals surface area (Å²) in [5.74, 6) is -29.3. The largest absolute Gasteiger partial charge is 0.479 e. The van der Waals surface area contributed by atoms with Crippen LogP contribution in [0.3, 0.4) is 0 Å². The van der Waals surface area contributed by atoms with Crippen LogP contribution >= 0.6 is 0 Å². The lowest BCUT2D eigenvalue weighted by molar-refractivity contribution is -0.389. The molecule has 26 heavy (non-hydrogen) atoms. The smallest absolute Gasteiger partial charge is 0.460 e. The van der Waals surface area contributed by atoms with Gasteiger partial charge in [0.15, 0.2) is 0 Å². The zero-order valence-corrected chi connectivity index (χ0v) is 12.5. The number of carbonyl (C=O) groups is 2. The number of carboxylic acid groups (broad SMARTS) is 1. The quantitative estimate of drug-likeness (QED) is 0.355. The van der Waals surface area contributed by atoms with Gasteiger partial charge in [-0.2, -0.15) is 47.9 Å². The molecule has 0 bridgehead atoms. The van der Waals surface area contributed by atoms with Crippen molar-refractivity contribution in [2.75, 3.05) is 0 Å². The molecule has 0 aliphatic rings. The number of halogens is 10. The first-order valence-electron chi connectivity index (χ1n) is 5.22. The van der Waals surface area contributed by atoms with Crippen LogP contribution < -0.4 is 0 Å². The van der Waals surface area contributed by atoms with Crippen LogP contribution in [0.4, 0.5) is 44.2 Å². The van der Waals surface area contributed by atoms with Gasteiger partial charge in [0.1, 0.15) is 0 Å². The van der Waals surface area contributed by atoms with Crippen molar-refractivity contribution in [2.24, 2.45) is 0 Å². The summed E-state index contributed by atoms with van der Waals surface area (Å²) in [6.07, 6.45) is -7.30.